The summed E-state index contributed by atoms with van der Waals surface area (Å²) in [5, 5.41) is 0. The number of carbonyl (C=O) groups is 1. The molecule has 1 aliphatic rings. The molecule has 0 N–H and O–H groups in total. The van der Waals surface area contributed by atoms with Gasteiger partial charge in [-0.05, 0) is 52.2 Å². The van der Waals surface area contributed by atoms with Crippen LogP contribution in [0.15, 0.2) is 0 Å². The van der Waals surface area contributed by atoms with Gasteiger partial charge >= 0.3 is 0 Å². The van der Waals surface area contributed by atoms with Crippen molar-refractivity contribution in [3.05, 3.63) is 0 Å². The van der Waals surface area contributed by atoms with Crippen LogP contribution in [0.25, 0.3) is 0 Å². The van der Waals surface area contributed by atoms with Crippen molar-refractivity contribution in [1.82, 2.24) is 4.90 Å². The maximum atomic E-state index is 10.2. The summed E-state index contributed by atoms with van der Waals surface area (Å²) >= 11 is 0. The predicted octanol–water partition coefficient (Wildman–Crippen LogP) is 5.06. The summed E-state index contributed by atoms with van der Waals surface area (Å²) in [6.45, 7) is 14.4. The highest BCUT2D eigenvalue weighted by Gasteiger charge is 2.08. The SMILES string of the molecule is CCCC.CCCCC(C)=O.CCCN1CCCC1. The molecule has 0 aromatic carbocycles. The maximum Gasteiger partial charge on any atom is 0.129 e. The molecule has 19 heavy (non-hydrogen) atoms. The predicted molar refractivity (Wildman–Crippen MR) is 86.8 cm³/mol. The summed E-state index contributed by atoms with van der Waals surface area (Å²) in [5.74, 6) is 0.307. The third-order valence-corrected chi connectivity index (χ3v) is 3.12. The molecule has 0 aliphatic carbocycles. The van der Waals surface area contributed by atoms with E-state index in [1.54, 1.807) is 6.92 Å². The van der Waals surface area contributed by atoms with E-state index in [-0.39, 0.29) is 0 Å². The number of Topliss-reactive ketones (excluding diaryl/α,β-unsaturated/α-hetero) is 1. The first kappa shape index (κ1) is 20.9. The second kappa shape index (κ2) is 17.6. The lowest BCUT2D eigenvalue weighted by molar-refractivity contribution is -0.117. The van der Waals surface area contributed by atoms with E-state index >= 15 is 0 Å². The molecule has 2 heteroatoms. The Morgan fingerprint density at radius 1 is 0.895 bits per heavy atom. The minimum Gasteiger partial charge on any atom is -0.303 e. The van der Waals surface area contributed by atoms with Gasteiger partial charge in [-0.1, -0.05) is 47.0 Å². The van der Waals surface area contributed by atoms with Gasteiger partial charge < -0.3 is 9.69 Å². The second-order valence-corrected chi connectivity index (χ2v) is 5.35. The van der Waals surface area contributed by atoms with Crippen molar-refractivity contribution < 1.29 is 4.79 Å². The van der Waals surface area contributed by atoms with Gasteiger partial charge in [0.25, 0.3) is 0 Å². The molecule has 1 saturated heterocycles. The zero-order valence-corrected chi connectivity index (χ0v) is 14.1. The van der Waals surface area contributed by atoms with Gasteiger partial charge in [-0.15, -0.1) is 0 Å². The first-order valence-electron chi connectivity index (χ1n) is 8.33. The standard InChI is InChI=1S/C7H15N.C6H12O.C4H10/c1-2-5-8-6-3-4-7-8;1-3-4-5-6(2)7;1-3-4-2/h2-7H2,1H3;3-5H2,1-2H3;3-4H2,1-2H3. The fourth-order valence-electron chi connectivity index (χ4n) is 1.75. The molecule has 0 radical (unpaired) electrons. The highest BCUT2D eigenvalue weighted by atomic mass is 16.1. The van der Waals surface area contributed by atoms with E-state index in [1.807, 2.05) is 0 Å². The smallest absolute Gasteiger partial charge is 0.129 e. The lowest BCUT2D eigenvalue weighted by Crippen LogP contribution is -2.19. The molecule has 1 heterocycles. The Morgan fingerprint density at radius 3 is 1.68 bits per heavy atom. The third-order valence-electron chi connectivity index (χ3n) is 3.12. The van der Waals surface area contributed by atoms with E-state index in [1.165, 1.54) is 51.7 Å². The molecular formula is C17H37NO. The van der Waals surface area contributed by atoms with Crippen LogP contribution in [-0.2, 0) is 4.79 Å². The maximum absolute atomic E-state index is 10.2. The van der Waals surface area contributed by atoms with Crippen LogP contribution < -0.4 is 0 Å². The topological polar surface area (TPSA) is 20.3 Å². The molecule has 0 unspecified atom stereocenters. The van der Waals surface area contributed by atoms with Crippen LogP contribution in [0, 0.1) is 0 Å². The average molecular weight is 271 g/mol. The highest BCUT2D eigenvalue weighted by molar-refractivity contribution is 5.75. The Balaban J connectivity index is 0. The van der Waals surface area contributed by atoms with Crippen LogP contribution in [-0.4, -0.2) is 30.3 Å². The molecule has 1 aliphatic heterocycles. The van der Waals surface area contributed by atoms with Crippen LogP contribution in [0.4, 0.5) is 0 Å². The van der Waals surface area contributed by atoms with Gasteiger partial charge in [0.2, 0.25) is 0 Å². The van der Waals surface area contributed by atoms with Crippen LogP contribution >= 0.6 is 0 Å². The van der Waals surface area contributed by atoms with Gasteiger partial charge in [0.05, 0.1) is 0 Å². The second-order valence-electron chi connectivity index (χ2n) is 5.35. The van der Waals surface area contributed by atoms with Gasteiger partial charge in [-0.25, -0.2) is 0 Å². The number of carbonyl (C=O) groups excluding carboxylic acids is 1. The molecular weight excluding hydrogens is 234 g/mol. The van der Waals surface area contributed by atoms with Crippen molar-refractivity contribution >= 4 is 5.78 Å². The minimum absolute atomic E-state index is 0.307. The molecule has 1 rings (SSSR count). The van der Waals surface area contributed by atoms with Gasteiger partial charge in [0.1, 0.15) is 5.78 Å². The zero-order valence-electron chi connectivity index (χ0n) is 14.1. The lowest BCUT2D eigenvalue weighted by atomic mass is 10.2. The first-order valence-corrected chi connectivity index (χ1v) is 8.33. The molecule has 1 fully saturated rings. The number of likely N-dealkylation sites (tertiary alicyclic amines) is 1. The molecule has 116 valence electrons. The molecule has 0 bridgehead atoms. The van der Waals surface area contributed by atoms with Crippen molar-refractivity contribution in [3.8, 4) is 0 Å². The molecule has 0 saturated carbocycles. The Bertz CT molecular complexity index is 172. The Hall–Kier alpha value is -0.370. The summed E-state index contributed by atoms with van der Waals surface area (Å²) in [5.41, 5.74) is 0. The molecule has 0 amide bonds. The number of ketones is 1. The van der Waals surface area contributed by atoms with Crippen molar-refractivity contribution in [3.63, 3.8) is 0 Å². The molecule has 0 aromatic rings. The normalized spacial score (nSPS) is 14.2. The largest absolute Gasteiger partial charge is 0.303 e. The van der Waals surface area contributed by atoms with E-state index in [4.69, 9.17) is 0 Å². The molecule has 0 spiro atoms. The summed E-state index contributed by atoms with van der Waals surface area (Å²) in [6, 6.07) is 0. The van der Waals surface area contributed by atoms with E-state index in [0.29, 0.717) is 5.78 Å². The molecule has 0 aromatic heterocycles. The van der Waals surface area contributed by atoms with E-state index < -0.39 is 0 Å². The van der Waals surface area contributed by atoms with Gasteiger partial charge in [0.15, 0.2) is 0 Å². The number of hydrogen-bond acceptors (Lipinski definition) is 2. The van der Waals surface area contributed by atoms with Crippen molar-refractivity contribution in [2.24, 2.45) is 0 Å². The minimum atomic E-state index is 0.307. The van der Waals surface area contributed by atoms with Gasteiger partial charge in [0, 0.05) is 6.42 Å². The van der Waals surface area contributed by atoms with Crippen LogP contribution in [0.5, 0.6) is 0 Å². The van der Waals surface area contributed by atoms with Crippen molar-refractivity contribution in [1.29, 1.82) is 0 Å². The summed E-state index contributed by atoms with van der Waals surface area (Å²) in [4.78, 5) is 12.7. The number of nitrogens with zero attached hydrogens (tertiary/aromatic N) is 1. The molecule has 0 atom stereocenters. The first-order chi connectivity index (χ1) is 9.12. The van der Waals surface area contributed by atoms with Crippen LogP contribution in [0.1, 0.15) is 86.0 Å². The van der Waals surface area contributed by atoms with Gasteiger partial charge in [-0.3, -0.25) is 0 Å². The van der Waals surface area contributed by atoms with Crippen molar-refractivity contribution in [2.75, 3.05) is 19.6 Å². The summed E-state index contributed by atoms with van der Waals surface area (Å²) < 4.78 is 0. The van der Waals surface area contributed by atoms with E-state index in [2.05, 4.69) is 32.6 Å². The van der Waals surface area contributed by atoms with Crippen LogP contribution in [0.2, 0.25) is 0 Å². The molecule has 2 nitrogen and oxygen atoms in total. The monoisotopic (exact) mass is 271 g/mol. The summed E-state index contributed by atoms with van der Waals surface area (Å²) in [7, 11) is 0. The average Bonchev–Trinajstić information content (AvgIpc) is 2.91. The Morgan fingerprint density at radius 2 is 1.42 bits per heavy atom. The third kappa shape index (κ3) is 20.1. The van der Waals surface area contributed by atoms with Gasteiger partial charge in [-0.2, -0.15) is 0 Å². The van der Waals surface area contributed by atoms with E-state index in [9.17, 15) is 4.79 Å². The number of hydrogen-bond donors (Lipinski definition) is 0. The van der Waals surface area contributed by atoms with Crippen LogP contribution in [0.3, 0.4) is 0 Å². The quantitative estimate of drug-likeness (QED) is 0.672. The Kier molecular flexibility index (Phi) is 19.4. The fourth-order valence-corrected chi connectivity index (χ4v) is 1.75. The summed E-state index contributed by atoms with van der Waals surface area (Å²) in [6.07, 6.45) is 9.76. The highest BCUT2D eigenvalue weighted by Crippen LogP contribution is 2.06. The number of unbranched alkanes of at least 4 members (excludes halogenated alkanes) is 2. The van der Waals surface area contributed by atoms with Crippen molar-refractivity contribution in [2.45, 2.75) is 86.0 Å². The Labute approximate surface area is 122 Å². The zero-order chi connectivity index (χ0) is 14.9. The van der Waals surface area contributed by atoms with E-state index in [0.717, 1.165) is 19.3 Å². The lowest BCUT2D eigenvalue weighted by Gasteiger charge is -2.11. The number of rotatable bonds is 6. The fraction of sp³-hybridized carbons (Fsp3) is 0.941.